The minimum atomic E-state index is -2.13. The number of carboxylic acid groups (broad SMARTS) is 1. The maximum absolute atomic E-state index is 10.5. The minimum Gasteiger partial charge on any atom is -0.476 e. The summed E-state index contributed by atoms with van der Waals surface area (Å²) in [6.07, 6.45) is 0. The highest BCUT2D eigenvalue weighted by Crippen LogP contribution is 2.41. The number of hydrogen-bond donors (Lipinski definition) is 2. The topological polar surface area (TPSA) is 66.8 Å². The first-order valence-corrected chi connectivity index (χ1v) is 3.39. The number of hydrogen-bond acceptors (Lipinski definition) is 3. The summed E-state index contributed by atoms with van der Waals surface area (Å²) in [5.74, 6) is -3.10. The molecule has 1 aliphatic rings. The van der Waals surface area contributed by atoms with Crippen LogP contribution in [0, 0.1) is 0 Å². The summed E-state index contributed by atoms with van der Waals surface area (Å²) in [6.45, 7) is 0. The predicted octanol–water partition coefficient (Wildman–Crippen LogP) is 0.309. The van der Waals surface area contributed by atoms with Crippen LogP contribution in [-0.4, -0.2) is 16.2 Å². The van der Waals surface area contributed by atoms with E-state index in [0.29, 0.717) is 11.3 Å². The van der Waals surface area contributed by atoms with E-state index in [2.05, 4.69) is 4.74 Å². The first-order chi connectivity index (χ1) is 5.64. The first kappa shape index (κ1) is 7.12. The van der Waals surface area contributed by atoms with E-state index in [4.69, 9.17) is 5.11 Å². The molecule has 12 heavy (non-hydrogen) atoms. The molecule has 62 valence electrons. The molecule has 0 fully saturated rings. The lowest BCUT2D eigenvalue weighted by Gasteiger charge is -2.35. The van der Waals surface area contributed by atoms with Crippen molar-refractivity contribution in [3.63, 3.8) is 0 Å². The monoisotopic (exact) mass is 166 g/mol. The first-order valence-electron chi connectivity index (χ1n) is 3.39. The highest BCUT2D eigenvalue weighted by atomic mass is 16.7. The van der Waals surface area contributed by atoms with Gasteiger partial charge in [-0.15, -0.1) is 0 Å². The van der Waals surface area contributed by atoms with Gasteiger partial charge in [-0.05, 0) is 12.1 Å². The number of carbonyl (C=O) groups is 1. The fourth-order valence-corrected chi connectivity index (χ4v) is 1.16. The maximum Gasteiger partial charge on any atom is 0.382 e. The molecule has 1 aromatic rings. The number of benzene rings is 1. The van der Waals surface area contributed by atoms with Gasteiger partial charge in [0.15, 0.2) is 0 Å². The van der Waals surface area contributed by atoms with Crippen LogP contribution in [0.3, 0.4) is 0 Å². The van der Waals surface area contributed by atoms with Crippen LogP contribution < -0.4 is 4.74 Å². The van der Waals surface area contributed by atoms with Crippen LogP contribution in [0.5, 0.6) is 5.75 Å². The Labute approximate surface area is 68.0 Å². The normalized spacial score (nSPS) is 25.1. The van der Waals surface area contributed by atoms with Crippen molar-refractivity contribution in [3.05, 3.63) is 29.8 Å². The zero-order valence-electron chi connectivity index (χ0n) is 6.02. The lowest BCUT2D eigenvalue weighted by Crippen LogP contribution is -2.48. The number of ether oxygens (including phenoxy) is 1. The summed E-state index contributed by atoms with van der Waals surface area (Å²) in [6, 6.07) is 6.48. The molecule has 0 amide bonds. The van der Waals surface area contributed by atoms with Gasteiger partial charge in [-0.1, -0.05) is 12.1 Å². The third-order valence-corrected chi connectivity index (χ3v) is 1.80. The maximum atomic E-state index is 10.5. The second-order valence-electron chi connectivity index (χ2n) is 2.55. The van der Waals surface area contributed by atoms with E-state index in [0.717, 1.165) is 0 Å². The van der Waals surface area contributed by atoms with Crippen LogP contribution in [0.15, 0.2) is 24.3 Å². The molecule has 1 heterocycles. The zero-order valence-corrected chi connectivity index (χ0v) is 6.02. The average molecular weight is 166 g/mol. The summed E-state index contributed by atoms with van der Waals surface area (Å²) in [4.78, 5) is 10.5. The Kier molecular flexibility index (Phi) is 1.18. The smallest absolute Gasteiger partial charge is 0.382 e. The number of rotatable bonds is 1. The Bertz CT molecular complexity index is 347. The van der Waals surface area contributed by atoms with Crippen LogP contribution in [0.2, 0.25) is 0 Å². The second kappa shape index (κ2) is 1.98. The second-order valence-corrected chi connectivity index (χ2v) is 2.55. The van der Waals surface area contributed by atoms with Gasteiger partial charge < -0.3 is 14.9 Å². The van der Waals surface area contributed by atoms with Crippen molar-refractivity contribution in [2.24, 2.45) is 0 Å². The summed E-state index contributed by atoms with van der Waals surface area (Å²) in [5.41, 5.74) is 0.303. The van der Waals surface area contributed by atoms with Gasteiger partial charge in [0.2, 0.25) is 0 Å². The minimum absolute atomic E-state index is 0.303. The van der Waals surface area contributed by atoms with E-state index in [1.165, 1.54) is 6.07 Å². The molecule has 0 saturated heterocycles. The van der Waals surface area contributed by atoms with Crippen LogP contribution in [0.4, 0.5) is 0 Å². The van der Waals surface area contributed by atoms with E-state index >= 15 is 0 Å². The Balaban J connectivity index is 2.48. The summed E-state index contributed by atoms with van der Waals surface area (Å²) in [7, 11) is 0. The largest absolute Gasteiger partial charge is 0.476 e. The van der Waals surface area contributed by atoms with E-state index in [1.54, 1.807) is 18.2 Å². The van der Waals surface area contributed by atoms with Crippen LogP contribution >= 0.6 is 0 Å². The number of fused-ring (bicyclic) bond motifs is 1. The molecule has 1 aromatic carbocycles. The fourth-order valence-electron chi connectivity index (χ4n) is 1.16. The molecule has 4 nitrogen and oxygen atoms in total. The van der Waals surface area contributed by atoms with Gasteiger partial charge in [-0.3, -0.25) is 0 Å². The molecule has 0 bridgehead atoms. The summed E-state index contributed by atoms with van der Waals surface area (Å²) in [5, 5.41) is 17.9. The third kappa shape index (κ3) is 0.670. The van der Waals surface area contributed by atoms with Gasteiger partial charge in [0.05, 0.1) is 5.56 Å². The molecule has 1 atom stereocenters. The van der Waals surface area contributed by atoms with E-state index in [1.807, 2.05) is 0 Å². The van der Waals surface area contributed by atoms with Crippen molar-refractivity contribution in [1.29, 1.82) is 0 Å². The molecule has 1 unspecified atom stereocenters. The van der Waals surface area contributed by atoms with Crippen molar-refractivity contribution in [2.75, 3.05) is 0 Å². The number of aliphatic hydroxyl groups is 1. The summed E-state index contributed by atoms with van der Waals surface area (Å²) >= 11 is 0. The Hall–Kier alpha value is -1.55. The Morgan fingerprint density at radius 3 is 2.67 bits per heavy atom. The van der Waals surface area contributed by atoms with Gasteiger partial charge >= 0.3 is 11.8 Å². The predicted molar refractivity (Wildman–Crippen MR) is 38.6 cm³/mol. The van der Waals surface area contributed by atoms with E-state index in [9.17, 15) is 9.90 Å². The van der Waals surface area contributed by atoms with Gasteiger partial charge in [0.25, 0.3) is 0 Å². The molecular formula is C8H6O4. The van der Waals surface area contributed by atoms with Gasteiger partial charge in [0.1, 0.15) is 5.75 Å². The van der Waals surface area contributed by atoms with Crippen molar-refractivity contribution in [2.45, 2.75) is 5.79 Å². The molecular weight excluding hydrogens is 160 g/mol. The van der Waals surface area contributed by atoms with E-state index < -0.39 is 11.8 Å². The lowest BCUT2D eigenvalue weighted by molar-refractivity contribution is -0.213. The molecule has 1 aliphatic heterocycles. The van der Waals surface area contributed by atoms with Crippen molar-refractivity contribution < 1.29 is 19.7 Å². The Morgan fingerprint density at radius 1 is 1.42 bits per heavy atom. The van der Waals surface area contributed by atoms with Crippen molar-refractivity contribution in [3.8, 4) is 5.75 Å². The molecule has 2 rings (SSSR count). The zero-order chi connectivity index (χ0) is 8.77. The number of carboxylic acids is 1. The van der Waals surface area contributed by atoms with Gasteiger partial charge in [-0.25, -0.2) is 4.79 Å². The third-order valence-electron chi connectivity index (χ3n) is 1.80. The van der Waals surface area contributed by atoms with Gasteiger partial charge in [0, 0.05) is 0 Å². The molecule has 0 aliphatic carbocycles. The summed E-state index contributed by atoms with van der Waals surface area (Å²) < 4.78 is 4.69. The molecule has 0 radical (unpaired) electrons. The van der Waals surface area contributed by atoms with Crippen LogP contribution in [0.1, 0.15) is 5.56 Å². The molecule has 0 aromatic heterocycles. The standard InChI is InChI=1S/C8H6O4/c9-7(10)8(11)5-3-1-2-4-6(5)12-8/h1-4,11H,(H,9,10). The molecule has 0 saturated carbocycles. The molecule has 2 N–H and O–H groups in total. The quantitative estimate of drug-likeness (QED) is 0.630. The average Bonchev–Trinajstić information content (AvgIpc) is 2.02. The highest BCUT2D eigenvalue weighted by Gasteiger charge is 2.51. The van der Waals surface area contributed by atoms with Gasteiger partial charge in [-0.2, -0.15) is 0 Å². The lowest BCUT2D eigenvalue weighted by atomic mass is 9.99. The number of para-hydroxylation sites is 1. The van der Waals surface area contributed by atoms with Crippen molar-refractivity contribution in [1.82, 2.24) is 0 Å². The molecule has 0 spiro atoms. The van der Waals surface area contributed by atoms with Crippen LogP contribution in [0.25, 0.3) is 0 Å². The number of aliphatic carboxylic acids is 1. The Morgan fingerprint density at radius 2 is 2.08 bits per heavy atom. The fraction of sp³-hybridized carbons (Fsp3) is 0.125. The van der Waals surface area contributed by atoms with Crippen molar-refractivity contribution >= 4 is 5.97 Å². The van der Waals surface area contributed by atoms with E-state index in [-0.39, 0.29) is 0 Å². The SMILES string of the molecule is O=C(O)C1(O)Oc2ccccc21. The molecule has 4 heteroatoms. The highest BCUT2D eigenvalue weighted by molar-refractivity contribution is 5.81. The van der Waals surface area contributed by atoms with Crippen LogP contribution in [-0.2, 0) is 10.6 Å².